The number of hydrogen-bond donors (Lipinski definition) is 1. The lowest BCUT2D eigenvalue weighted by molar-refractivity contribution is 0.0698. The molecule has 0 aromatic heterocycles. The van der Waals surface area contributed by atoms with Crippen molar-refractivity contribution in [1.29, 1.82) is 0 Å². The first-order valence-electron chi connectivity index (χ1n) is 9.80. The average molecular weight is 380 g/mol. The Hall–Kier alpha value is -2.82. The Balaban J connectivity index is 1.54. The van der Waals surface area contributed by atoms with Gasteiger partial charge in [-0.1, -0.05) is 6.07 Å². The lowest BCUT2D eigenvalue weighted by atomic mass is 10.0. The standard InChI is InChI=1S/C23H29N3O2/c1-16-5-6-19(15-17(16)2)22(27)24-20-11-13-26(14-12-20)23(28)18-7-9-21(10-8-18)25(3)4/h5-10,15,20H,11-14H2,1-4H3,(H,24,27). The van der Waals surface area contributed by atoms with Crippen molar-refractivity contribution >= 4 is 17.5 Å². The van der Waals surface area contributed by atoms with Crippen LogP contribution in [0.4, 0.5) is 5.69 Å². The van der Waals surface area contributed by atoms with Crippen molar-refractivity contribution in [2.24, 2.45) is 0 Å². The highest BCUT2D eigenvalue weighted by Crippen LogP contribution is 2.18. The summed E-state index contributed by atoms with van der Waals surface area (Å²) in [5.41, 5.74) is 4.78. The number of piperidine rings is 1. The fourth-order valence-electron chi connectivity index (χ4n) is 3.46. The van der Waals surface area contributed by atoms with Gasteiger partial charge in [-0.2, -0.15) is 0 Å². The fourth-order valence-corrected chi connectivity index (χ4v) is 3.46. The minimum absolute atomic E-state index is 0.0350. The third-order valence-corrected chi connectivity index (χ3v) is 5.52. The second-order valence-corrected chi connectivity index (χ2v) is 7.78. The first-order chi connectivity index (χ1) is 13.3. The molecule has 148 valence electrons. The second-order valence-electron chi connectivity index (χ2n) is 7.78. The Morgan fingerprint density at radius 1 is 0.929 bits per heavy atom. The van der Waals surface area contributed by atoms with Gasteiger partial charge in [0.25, 0.3) is 11.8 Å². The highest BCUT2D eigenvalue weighted by molar-refractivity contribution is 5.95. The van der Waals surface area contributed by atoms with E-state index >= 15 is 0 Å². The van der Waals surface area contributed by atoms with Crippen molar-refractivity contribution in [2.45, 2.75) is 32.7 Å². The van der Waals surface area contributed by atoms with Gasteiger partial charge in [0, 0.05) is 50.0 Å². The number of anilines is 1. The molecule has 0 spiro atoms. The SMILES string of the molecule is Cc1ccc(C(=O)NC2CCN(C(=O)c3ccc(N(C)C)cc3)CC2)cc1C. The molecule has 2 amide bonds. The Labute approximate surface area is 167 Å². The van der Waals surface area contributed by atoms with E-state index in [-0.39, 0.29) is 17.9 Å². The summed E-state index contributed by atoms with van der Waals surface area (Å²) in [4.78, 5) is 29.1. The summed E-state index contributed by atoms with van der Waals surface area (Å²) in [5.74, 6) is 0.0244. The van der Waals surface area contributed by atoms with Gasteiger partial charge in [0.2, 0.25) is 0 Å². The summed E-state index contributed by atoms with van der Waals surface area (Å²) in [5, 5.41) is 3.12. The number of nitrogens with zero attached hydrogens (tertiary/aromatic N) is 2. The van der Waals surface area contributed by atoms with Crippen LogP contribution in [0.1, 0.15) is 44.7 Å². The van der Waals surface area contributed by atoms with Crippen LogP contribution in [0.25, 0.3) is 0 Å². The molecular formula is C23H29N3O2. The van der Waals surface area contributed by atoms with E-state index in [1.54, 1.807) is 0 Å². The van der Waals surface area contributed by atoms with E-state index in [0.29, 0.717) is 24.2 Å². The lowest BCUT2D eigenvalue weighted by Crippen LogP contribution is -2.46. The molecule has 0 saturated carbocycles. The number of nitrogens with one attached hydrogen (secondary N) is 1. The van der Waals surface area contributed by atoms with Crippen LogP contribution in [0.5, 0.6) is 0 Å². The minimum atomic E-state index is -0.0350. The molecule has 2 aromatic carbocycles. The molecule has 5 heteroatoms. The molecule has 5 nitrogen and oxygen atoms in total. The number of benzene rings is 2. The molecule has 3 rings (SSSR count). The summed E-state index contributed by atoms with van der Waals surface area (Å²) in [6.45, 7) is 5.37. The summed E-state index contributed by atoms with van der Waals surface area (Å²) < 4.78 is 0. The number of likely N-dealkylation sites (tertiary alicyclic amines) is 1. The van der Waals surface area contributed by atoms with Crippen LogP contribution < -0.4 is 10.2 Å². The van der Waals surface area contributed by atoms with E-state index < -0.39 is 0 Å². The largest absolute Gasteiger partial charge is 0.378 e. The normalized spacial score (nSPS) is 14.6. The van der Waals surface area contributed by atoms with Gasteiger partial charge in [0.05, 0.1) is 0 Å². The summed E-state index contributed by atoms with van der Waals surface area (Å²) in [6, 6.07) is 13.6. The van der Waals surface area contributed by atoms with E-state index in [2.05, 4.69) is 5.32 Å². The molecule has 0 aliphatic carbocycles. The molecule has 0 radical (unpaired) electrons. The number of hydrogen-bond acceptors (Lipinski definition) is 3. The third-order valence-electron chi connectivity index (χ3n) is 5.52. The highest BCUT2D eigenvalue weighted by Gasteiger charge is 2.25. The quantitative estimate of drug-likeness (QED) is 0.886. The van der Waals surface area contributed by atoms with Crippen LogP contribution in [0.15, 0.2) is 42.5 Å². The lowest BCUT2D eigenvalue weighted by Gasteiger charge is -2.32. The van der Waals surface area contributed by atoms with E-state index in [4.69, 9.17) is 0 Å². The van der Waals surface area contributed by atoms with Crippen LogP contribution in [-0.2, 0) is 0 Å². The summed E-state index contributed by atoms with van der Waals surface area (Å²) in [6.07, 6.45) is 1.55. The zero-order valence-corrected chi connectivity index (χ0v) is 17.2. The van der Waals surface area contributed by atoms with Gasteiger partial charge < -0.3 is 15.1 Å². The molecule has 1 fully saturated rings. The maximum atomic E-state index is 12.7. The Kier molecular flexibility index (Phi) is 6.02. The number of rotatable bonds is 4. The molecule has 0 atom stereocenters. The second kappa shape index (κ2) is 8.46. The number of carbonyl (C=O) groups is 2. The molecule has 1 N–H and O–H groups in total. The fraction of sp³-hybridized carbons (Fsp3) is 0.391. The van der Waals surface area contributed by atoms with Gasteiger partial charge in [0.15, 0.2) is 0 Å². The Morgan fingerprint density at radius 2 is 1.54 bits per heavy atom. The first kappa shape index (κ1) is 19.9. The van der Waals surface area contributed by atoms with E-state index in [0.717, 1.165) is 24.1 Å². The van der Waals surface area contributed by atoms with Gasteiger partial charge >= 0.3 is 0 Å². The van der Waals surface area contributed by atoms with Gasteiger partial charge in [-0.3, -0.25) is 9.59 Å². The Bertz CT molecular complexity index is 851. The van der Waals surface area contributed by atoms with Crippen LogP contribution >= 0.6 is 0 Å². The maximum Gasteiger partial charge on any atom is 0.253 e. The smallest absolute Gasteiger partial charge is 0.253 e. The predicted molar refractivity (Wildman–Crippen MR) is 113 cm³/mol. The molecule has 1 heterocycles. The average Bonchev–Trinajstić information content (AvgIpc) is 2.70. The van der Waals surface area contributed by atoms with Crippen molar-refractivity contribution in [1.82, 2.24) is 10.2 Å². The monoisotopic (exact) mass is 379 g/mol. The molecule has 1 aliphatic heterocycles. The summed E-state index contributed by atoms with van der Waals surface area (Å²) in [7, 11) is 3.96. The number of carbonyl (C=O) groups excluding carboxylic acids is 2. The zero-order chi connectivity index (χ0) is 20.3. The molecule has 2 aromatic rings. The Morgan fingerprint density at radius 3 is 2.11 bits per heavy atom. The van der Waals surface area contributed by atoms with Gasteiger partial charge in [-0.25, -0.2) is 0 Å². The van der Waals surface area contributed by atoms with Crippen LogP contribution in [0, 0.1) is 13.8 Å². The van der Waals surface area contributed by atoms with E-state index in [1.807, 2.05) is 80.2 Å². The summed E-state index contributed by atoms with van der Waals surface area (Å²) >= 11 is 0. The van der Waals surface area contributed by atoms with Crippen molar-refractivity contribution < 1.29 is 9.59 Å². The van der Waals surface area contributed by atoms with Crippen LogP contribution in [0.2, 0.25) is 0 Å². The third kappa shape index (κ3) is 4.53. The van der Waals surface area contributed by atoms with Gasteiger partial charge in [-0.15, -0.1) is 0 Å². The van der Waals surface area contributed by atoms with Crippen LogP contribution in [0.3, 0.4) is 0 Å². The first-order valence-corrected chi connectivity index (χ1v) is 9.80. The highest BCUT2D eigenvalue weighted by atomic mass is 16.2. The van der Waals surface area contributed by atoms with Crippen LogP contribution in [-0.4, -0.2) is 49.9 Å². The van der Waals surface area contributed by atoms with Crippen molar-refractivity contribution in [3.63, 3.8) is 0 Å². The molecule has 1 saturated heterocycles. The van der Waals surface area contributed by atoms with Crippen molar-refractivity contribution in [3.8, 4) is 0 Å². The molecule has 28 heavy (non-hydrogen) atoms. The van der Waals surface area contributed by atoms with Gasteiger partial charge in [0.1, 0.15) is 0 Å². The molecule has 0 unspecified atom stereocenters. The molecule has 1 aliphatic rings. The van der Waals surface area contributed by atoms with Gasteiger partial charge in [-0.05, 0) is 74.2 Å². The van der Waals surface area contributed by atoms with E-state index in [9.17, 15) is 9.59 Å². The maximum absolute atomic E-state index is 12.7. The predicted octanol–water partition coefficient (Wildman–Crippen LogP) is 3.40. The van der Waals surface area contributed by atoms with E-state index in [1.165, 1.54) is 5.56 Å². The number of amides is 2. The van der Waals surface area contributed by atoms with Crippen molar-refractivity contribution in [2.75, 3.05) is 32.1 Å². The minimum Gasteiger partial charge on any atom is -0.378 e. The molecule has 0 bridgehead atoms. The topological polar surface area (TPSA) is 52.7 Å². The van der Waals surface area contributed by atoms with Crippen molar-refractivity contribution in [3.05, 3.63) is 64.7 Å². The molecular weight excluding hydrogens is 350 g/mol. The number of aryl methyl sites for hydroxylation is 2. The zero-order valence-electron chi connectivity index (χ0n) is 17.2.